The van der Waals surface area contributed by atoms with Crippen molar-refractivity contribution >= 4 is 11.5 Å². The molecule has 1 heterocycles. The van der Waals surface area contributed by atoms with E-state index in [1.165, 1.54) is 43.6 Å². The lowest BCUT2D eigenvalue weighted by Gasteiger charge is -2.19. The maximum atomic E-state index is 11.3. The van der Waals surface area contributed by atoms with Crippen LogP contribution in [0.5, 0.6) is 0 Å². The molecule has 1 saturated carbocycles. The molecule has 0 amide bonds. The minimum Gasteiger partial charge on any atom is -0.278 e. The molecule has 0 aliphatic heterocycles. The van der Waals surface area contributed by atoms with E-state index in [2.05, 4.69) is 4.37 Å². The van der Waals surface area contributed by atoms with Crippen LogP contribution in [0, 0.1) is 0 Å². The van der Waals surface area contributed by atoms with E-state index in [9.17, 15) is 4.79 Å². The number of H-pyrrole nitrogens is 1. The SMILES string of the molecule is O=c1[nH]scc1C1CCCCC1. The number of nitrogens with one attached hydrogen (secondary N) is 1. The largest absolute Gasteiger partial charge is 0.278 e. The van der Waals surface area contributed by atoms with E-state index in [0.29, 0.717) is 5.92 Å². The molecule has 12 heavy (non-hydrogen) atoms. The molecule has 0 bridgehead atoms. The number of rotatable bonds is 1. The summed E-state index contributed by atoms with van der Waals surface area (Å²) >= 11 is 1.42. The summed E-state index contributed by atoms with van der Waals surface area (Å²) in [6.07, 6.45) is 6.35. The Hall–Kier alpha value is -0.570. The fourth-order valence-corrected chi connectivity index (χ4v) is 2.66. The lowest BCUT2D eigenvalue weighted by molar-refractivity contribution is 0.442. The first-order chi connectivity index (χ1) is 5.88. The Labute approximate surface area is 75.8 Å². The highest BCUT2D eigenvalue weighted by atomic mass is 32.1. The van der Waals surface area contributed by atoms with Gasteiger partial charge >= 0.3 is 0 Å². The van der Waals surface area contributed by atoms with Gasteiger partial charge in [0.05, 0.1) is 0 Å². The predicted molar refractivity (Wildman–Crippen MR) is 50.8 cm³/mol. The summed E-state index contributed by atoms with van der Waals surface area (Å²) in [4.78, 5) is 11.3. The van der Waals surface area contributed by atoms with Crippen molar-refractivity contribution in [2.75, 3.05) is 0 Å². The third-order valence-electron chi connectivity index (χ3n) is 2.64. The van der Waals surface area contributed by atoms with Gasteiger partial charge in [0.1, 0.15) is 0 Å². The van der Waals surface area contributed by atoms with Crippen LogP contribution in [0.3, 0.4) is 0 Å². The van der Waals surface area contributed by atoms with Gasteiger partial charge < -0.3 is 0 Å². The highest BCUT2D eigenvalue weighted by molar-refractivity contribution is 7.03. The molecule has 1 N–H and O–H groups in total. The molecule has 1 aromatic rings. The summed E-state index contributed by atoms with van der Waals surface area (Å²) in [7, 11) is 0. The van der Waals surface area contributed by atoms with Crippen molar-refractivity contribution in [2.45, 2.75) is 38.0 Å². The van der Waals surface area contributed by atoms with Crippen molar-refractivity contribution in [1.82, 2.24) is 4.37 Å². The lowest BCUT2D eigenvalue weighted by Crippen LogP contribution is -2.13. The maximum absolute atomic E-state index is 11.3. The molecule has 1 aliphatic rings. The Morgan fingerprint density at radius 1 is 1.33 bits per heavy atom. The second-order valence-corrected chi connectivity index (χ2v) is 4.13. The topological polar surface area (TPSA) is 32.9 Å². The van der Waals surface area contributed by atoms with E-state index in [-0.39, 0.29) is 5.56 Å². The molecular weight excluding hydrogens is 170 g/mol. The van der Waals surface area contributed by atoms with Gasteiger partial charge in [-0.25, -0.2) is 0 Å². The fraction of sp³-hybridized carbons (Fsp3) is 0.667. The van der Waals surface area contributed by atoms with Crippen LogP contribution >= 0.6 is 11.5 Å². The molecule has 1 aliphatic carbocycles. The average molecular weight is 183 g/mol. The molecule has 0 unspecified atom stereocenters. The fourth-order valence-electron chi connectivity index (χ4n) is 1.95. The van der Waals surface area contributed by atoms with Gasteiger partial charge in [-0.2, -0.15) is 0 Å². The monoisotopic (exact) mass is 183 g/mol. The number of aromatic amines is 1. The maximum Gasteiger partial charge on any atom is 0.261 e. The summed E-state index contributed by atoms with van der Waals surface area (Å²) < 4.78 is 2.75. The van der Waals surface area contributed by atoms with Gasteiger partial charge in [-0.1, -0.05) is 30.8 Å². The molecule has 0 saturated heterocycles. The molecule has 2 nitrogen and oxygen atoms in total. The molecule has 0 spiro atoms. The summed E-state index contributed by atoms with van der Waals surface area (Å²) in [6.45, 7) is 0. The molecule has 0 atom stereocenters. The second-order valence-electron chi connectivity index (χ2n) is 3.46. The summed E-state index contributed by atoms with van der Waals surface area (Å²) in [5.74, 6) is 0.550. The summed E-state index contributed by atoms with van der Waals surface area (Å²) in [5, 5.41) is 1.98. The van der Waals surface area contributed by atoms with E-state index in [0.717, 1.165) is 5.56 Å². The molecule has 66 valence electrons. The molecule has 2 rings (SSSR count). The van der Waals surface area contributed by atoms with Crippen LogP contribution in [0.25, 0.3) is 0 Å². The number of hydrogen-bond acceptors (Lipinski definition) is 2. The van der Waals surface area contributed by atoms with Crippen LogP contribution < -0.4 is 5.56 Å². The Morgan fingerprint density at radius 2 is 2.08 bits per heavy atom. The number of aromatic nitrogens is 1. The molecule has 1 fully saturated rings. The first kappa shape index (κ1) is 8.05. The van der Waals surface area contributed by atoms with Crippen LogP contribution in [0.1, 0.15) is 43.6 Å². The van der Waals surface area contributed by atoms with Gasteiger partial charge in [-0.15, -0.1) is 0 Å². The minimum absolute atomic E-state index is 0.145. The second kappa shape index (κ2) is 3.44. The minimum atomic E-state index is 0.145. The zero-order valence-electron chi connectivity index (χ0n) is 7.01. The van der Waals surface area contributed by atoms with Crippen LogP contribution in [0.15, 0.2) is 10.2 Å². The quantitative estimate of drug-likeness (QED) is 0.713. The van der Waals surface area contributed by atoms with Crippen molar-refractivity contribution in [3.05, 3.63) is 21.3 Å². The Bertz CT molecular complexity index is 295. The molecule has 0 aromatic carbocycles. The Kier molecular flexibility index (Phi) is 2.30. The smallest absolute Gasteiger partial charge is 0.261 e. The van der Waals surface area contributed by atoms with Crippen molar-refractivity contribution in [3.8, 4) is 0 Å². The standard InChI is InChI=1S/C9H13NOS/c11-9-8(6-12-10-9)7-4-2-1-3-5-7/h6-7H,1-5H2,(H,10,11). The molecule has 3 heteroatoms. The Morgan fingerprint density at radius 3 is 2.67 bits per heavy atom. The van der Waals surface area contributed by atoms with Gasteiger partial charge in [-0.3, -0.25) is 9.17 Å². The molecule has 1 aromatic heterocycles. The lowest BCUT2D eigenvalue weighted by atomic mass is 9.86. The van der Waals surface area contributed by atoms with Gasteiger partial charge in [0.2, 0.25) is 0 Å². The van der Waals surface area contributed by atoms with Gasteiger partial charge in [-0.05, 0) is 18.8 Å². The third kappa shape index (κ3) is 1.46. The first-order valence-corrected chi connectivity index (χ1v) is 5.42. The van der Waals surface area contributed by atoms with Crippen LogP contribution in [0.4, 0.5) is 0 Å². The van der Waals surface area contributed by atoms with Crippen molar-refractivity contribution < 1.29 is 0 Å². The van der Waals surface area contributed by atoms with Gasteiger partial charge in [0, 0.05) is 10.9 Å². The van der Waals surface area contributed by atoms with Crippen molar-refractivity contribution in [2.24, 2.45) is 0 Å². The van der Waals surface area contributed by atoms with E-state index in [1.54, 1.807) is 0 Å². The van der Waals surface area contributed by atoms with Crippen LogP contribution in [-0.2, 0) is 0 Å². The zero-order chi connectivity index (χ0) is 8.39. The summed E-state index contributed by atoms with van der Waals surface area (Å²) in [6, 6.07) is 0. The highest BCUT2D eigenvalue weighted by Gasteiger charge is 2.18. The summed E-state index contributed by atoms with van der Waals surface area (Å²) in [5.41, 5.74) is 1.17. The highest BCUT2D eigenvalue weighted by Crippen LogP contribution is 2.30. The van der Waals surface area contributed by atoms with Crippen molar-refractivity contribution in [1.29, 1.82) is 0 Å². The van der Waals surface area contributed by atoms with Crippen LogP contribution in [0.2, 0.25) is 0 Å². The van der Waals surface area contributed by atoms with Gasteiger partial charge in [0.15, 0.2) is 0 Å². The molecule has 0 radical (unpaired) electrons. The van der Waals surface area contributed by atoms with Crippen molar-refractivity contribution in [3.63, 3.8) is 0 Å². The average Bonchev–Trinajstić information content (AvgIpc) is 2.53. The van der Waals surface area contributed by atoms with E-state index < -0.39 is 0 Å². The normalized spacial score (nSPS) is 19.7. The van der Waals surface area contributed by atoms with Gasteiger partial charge in [0.25, 0.3) is 5.56 Å². The van der Waals surface area contributed by atoms with Crippen LogP contribution in [-0.4, -0.2) is 4.37 Å². The number of hydrogen-bond donors (Lipinski definition) is 1. The zero-order valence-corrected chi connectivity index (χ0v) is 7.82. The molecular formula is C9H13NOS. The van der Waals surface area contributed by atoms with E-state index in [4.69, 9.17) is 0 Å². The third-order valence-corrected chi connectivity index (χ3v) is 3.32. The van der Waals surface area contributed by atoms with E-state index in [1.807, 2.05) is 5.38 Å². The van der Waals surface area contributed by atoms with E-state index >= 15 is 0 Å². The predicted octanol–water partition coefficient (Wildman–Crippen LogP) is 2.48. The first-order valence-electron chi connectivity index (χ1n) is 4.54. The Balaban J connectivity index is 2.18.